The van der Waals surface area contributed by atoms with Crippen LogP contribution in [-0.2, 0) is 9.53 Å². The zero-order chi connectivity index (χ0) is 16.2. The summed E-state index contributed by atoms with van der Waals surface area (Å²) in [6.45, 7) is 0. The van der Waals surface area contributed by atoms with Crippen molar-refractivity contribution in [2.24, 2.45) is 0 Å². The number of esters is 1. The fourth-order valence-corrected chi connectivity index (χ4v) is 2.86. The maximum Gasteiger partial charge on any atom is 0.337 e. The Labute approximate surface area is 137 Å². The number of ether oxygens (including phenoxy) is 1. The molecule has 1 fully saturated rings. The standard InChI is InChI=1S/C15H16N4O3S/c1-22-14(21)10-2-4-11(5-3-10)17-13(20)8-23-15-18-16-9-19(15)12-6-7-12/h2-5,9,12H,6-8H2,1H3,(H,17,20). The predicted molar refractivity (Wildman–Crippen MR) is 85.4 cm³/mol. The van der Waals surface area contributed by atoms with Crippen molar-refractivity contribution in [3.63, 3.8) is 0 Å². The number of carbonyl (C=O) groups is 2. The van der Waals surface area contributed by atoms with Gasteiger partial charge in [-0.1, -0.05) is 11.8 Å². The molecule has 0 aliphatic heterocycles. The van der Waals surface area contributed by atoms with Gasteiger partial charge in [-0.3, -0.25) is 4.79 Å². The molecule has 1 aliphatic rings. The van der Waals surface area contributed by atoms with Crippen molar-refractivity contribution < 1.29 is 14.3 Å². The van der Waals surface area contributed by atoms with E-state index in [4.69, 9.17) is 0 Å². The molecule has 1 aromatic carbocycles. The van der Waals surface area contributed by atoms with E-state index in [9.17, 15) is 9.59 Å². The maximum atomic E-state index is 12.0. The van der Waals surface area contributed by atoms with Crippen LogP contribution in [0.2, 0.25) is 0 Å². The molecule has 2 aromatic rings. The van der Waals surface area contributed by atoms with Gasteiger partial charge in [0.25, 0.3) is 0 Å². The topological polar surface area (TPSA) is 86.1 Å². The number of carbonyl (C=O) groups excluding carboxylic acids is 2. The molecule has 0 saturated heterocycles. The lowest BCUT2D eigenvalue weighted by Gasteiger charge is -2.06. The lowest BCUT2D eigenvalue weighted by Crippen LogP contribution is -2.14. The molecule has 7 nitrogen and oxygen atoms in total. The number of anilines is 1. The van der Waals surface area contributed by atoms with E-state index in [1.165, 1.54) is 18.9 Å². The highest BCUT2D eigenvalue weighted by Crippen LogP contribution is 2.37. The summed E-state index contributed by atoms with van der Waals surface area (Å²) in [5.74, 6) is -0.284. The van der Waals surface area contributed by atoms with E-state index in [2.05, 4.69) is 20.3 Å². The molecule has 1 amide bonds. The molecule has 0 bridgehead atoms. The second kappa shape index (κ2) is 6.82. The number of amides is 1. The van der Waals surface area contributed by atoms with Crippen molar-refractivity contribution in [3.05, 3.63) is 36.2 Å². The number of hydrogen-bond acceptors (Lipinski definition) is 6. The summed E-state index contributed by atoms with van der Waals surface area (Å²) in [6, 6.07) is 7.04. The number of nitrogens with zero attached hydrogens (tertiary/aromatic N) is 3. The van der Waals surface area contributed by atoms with Crippen molar-refractivity contribution in [2.75, 3.05) is 18.2 Å². The lowest BCUT2D eigenvalue weighted by molar-refractivity contribution is -0.113. The van der Waals surface area contributed by atoms with Crippen LogP contribution in [0, 0.1) is 0 Å². The molecule has 1 N–H and O–H groups in total. The van der Waals surface area contributed by atoms with Gasteiger partial charge in [0, 0.05) is 11.7 Å². The van der Waals surface area contributed by atoms with Gasteiger partial charge in [-0.2, -0.15) is 0 Å². The third-order valence-corrected chi connectivity index (χ3v) is 4.36. The summed E-state index contributed by atoms with van der Waals surface area (Å²) in [5, 5.41) is 11.5. The molecule has 1 aromatic heterocycles. The Hall–Kier alpha value is -2.35. The molecule has 3 rings (SSSR count). The Bertz CT molecular complexity index is 710. The van der Waals surface area contributed by atoms with Gasteiger partial charge < -0.3 is 14.6 Å². The molecule has 8 heteroatoms. The highest BCUT2D eigenvalue weighted by molar-refractivity contribution is 7.99. The Balaban J connectivity index is 1.52. The summed E-state index contributed by atoms with van der Waals surface area (Å²) in [4.78, 5) is 23.3. The van der Waals surface area contributed by atoms with Crippen molar-refractivity contribution in [1.82, 2.24) is 14.8 Å². The number of benzene rings is 1. The maximum absolute atomic E-state index is 12.0. The zero-order valence-electron chi connectivity index (χ0n) is 12.6. The summed E-state index contributed by atoms with van der Waals surface area (Å²) >= 11 is 1.36. The van der Waals surface area contributed by atoms with Gasteiger partial charge in [-0.25, -0.2) is 4.79 Å². The average molecular weight is 332 g/mol. The second-order valence-electron chi connectivity index (χ2n) is 5.16. The minimum atomic E-state index is -0.405. The normalized spacial score (nSPS) is 13.6. The molecule has 1 aliphatic carbocycles. The van der Waals surface area contributed by atoms with E-state index in [1.54, 1.807) is 30.6 Å². The minimum Gasteiger partial charge on any atom is -0.465 e. The average Bonchev–Trinajstić information content (AvgIpc) is 3.31. The van der Waals surface area contributed by atoms with Crippen molar-refractivity contribution in [1.29, 1.82) is 0 Å². The van der Waals surface area contributed by atoms with E-state index in [0.29, 0.717) is 17.3 Å². The summed E-state index contributed by atoms with van der Waals surface area (Å²) in [7, 11) is 1.33. The van der Waals surface area contributed by atoms with Crippen molar-refractivity contribution >= 4 is 29.3 Å². The Morgan fingerprint density at radius 1 is 1.35 bits per heavy atom. The third kappa shape index (κ3) is 3.89. The molecular weight excluding hydrogens is 316 g/mol. The zero-order valence-corrected chi connectivity index (χ0v) is 13.4. The number of hydrogen-bond donors (Lipinski definition) is 1. The molecule has 0 spiro atoms. The second-order valence-corrected chi connectivity index (χ2v) is 6.10. The smallest absolute Gasteiger partial charge is 0.337 e. The van der Waals surface area contributed by atoms with Gasteiger partial charge in [0.05, 0.1) is 18.4 Å². The third-order valence-electron chi connectivity index (χ3n) is 3.40. The van der Waals surface area contributed by atoms with Gasteiger partial charge >= 0.3 is 5.97 Å². The van der Waals surface area contributed by atoms with E-state index >= 15 is 0 Å². The number of aromatic nitrogens is 3. The number of rotatable bonds is 6. The molecule has 23 heavy (non-hydrogen) atoms. The molecule has 0 radical (unpaired) electrons. The Morgan fingerprint density at radius 3 is 2.74 bits per heavy atom. The first-order valence-electron chi connectivity index (χ1n) is 7.18. The molecule has 0 unspecified atom stereocenters. The first-order valence-corrected chi connectivity index (χ1v) is 8.16. The van der Waals surface area contributed by atoms with Crippen LogP contribution in [0.3, 0.4) is 0 Å². The summed E-state index contributed by atoms with van der Waals surface area (Å²) < 4.78 is 6.64. The SMILES string of the molecule is COC(=O)c1ccc(NC(=O)CSc2nncn2C2CC2)cc1. The summed E-state index contributed by atoms with van der Waals surface area (Å²) in [5.41, 5.74) is 1.07. The molecule has 0 atom stereocenters. The van der Waals surface area contributed by atoms with E-state index in [0.717, 1.165) is 18.0 Å². The van der Waals surface area contributed by atoms with Crippen LogP contribution in [-0.4, -0.2) is 39.5 Å². The predicted octanol–water partition coefficient (Wildman–Crippen LogP) is 2.13. The van der Waals surface area contributed by atoms with Crippen LogP contribution in [0.5, 0.6) is 0 Å². The van der Waals surface area contributed by atoms with Crippen LogP contribution in [0.15, 0.2) is 35.7 Å². The molecular formula is C15H16N4O3S. The van der Waals surface area contributed by atoms with E-state index in [-0.39, 0.29) is 11.7 Å². The molecule has 1 heterocycles. The first kappa shape index (κ1) is 15.5. The Morgan fingerprint density at radius 2 is 2.09 bits per heavy atom. The van der Waals surface area contributed by atoms with Crippen LogP contribution in [0.1, 0.15) is 29.2 Å². The number of nitrogens with one attached hydrogen (secondary N) is 1. The molecule has 120 valence electrons. The van der Waals surface area contributed by atoms with Crippen molar-refractivity contribution in [2.45, 2.75) is 24.0 Å². The first-order chi connectivity index (χ1) is 11.2. The summed E-state index contributed by atoms with van der Waals surface area (Å²) in [6.07, 6.45) is 4.00. The van der Waals surface area contributed by atoms with Crippen LogP contribution >= 0.6 is 11.8 Å². The van der Waals surface area contributed by atoms with E-state index < -0.39 is 5.97 Å². The van der Waals surface area contributed by atoms with Crippen LogP contribution in [0.25, 0.3) is 0 Å². The van der Waals surface area contributed by atoms with Gasteiger partial charge in [-0.05, 0) is 37.1 Å². The Kier molecular flexibility index (Phi) is 4.61. The van der Waals surface area contributed by atoms with Gasteiger partial charge in [0.15, 0.2) is 5.16 Å². The van der Waals surface area contributed by atoms with Crippen molar-refractivity contribution in [3.8, 4) is 0 Å². The molecule has 1 saturated carbocycles. The van der Waals surface area contributed by atoms with Gasteiger partial charge in [0.1, 0.15) is 6.33 Å². The highest BCUT2D eigenvalue weighted by Gasteiger charge is 2.26. The van der Waals surface area contributed by atoms with Gasteiger partial charge in [-0.15, -0.1) is 10.2 Å². The number of thioether (sulfide) groups is 1. The van der Waals surface area contributed by atoms with E-state index in [1.807, 2.05) is 4.57 Å². The lowest BCUT2D eigenvalue weighted by atomic mass is 10.2. The fourth-order valence-electron chi connectivity index (χ4n) is 2.07. The largest absolute Gasteiger partial charge is 0.465 e. The monoisotopic (exact) mass is 332 g/mol. The fraction of sp³-hybridized carbons (Fsp3) is 0.333. The minimum absolute atomic E-state index is 0.133. The van der Waals surface area contributed by atoms with Crippen LogP contribution < -0.4 is 5.32 Å². The van der Waals surface area contributed by atoms with Gasteiger partial charge in [0.2, 0.25) is 5.91 Å². The van der Waals surface area contributed by atoms with Crippen LogP contribution in [0.4, 0.5) is 5.69 Å². The number of methoxy groups -OCH3 is 1. The quantitative estimate of drug-likeness (QED) is 0.644. The highest BCUT2D eigenvalue weighted by atomic mass is 32.2.